The van der Waals surface area contributed by atoms with E-state index in [0.717, 1.165) is 45.3 Å². The third-order valence-electron chi connectivity index (χ3n) is 15.3. The van der Waals surface area contributed by atoms with Gasteiger partial charge in [-0.3, -0.25) is 0 Å². The second kappa shape index (κ2) is 13.3. The Balaban J connectivity index is 1.18. The highest BCUT2D eigenvalue weighted by Crippen LogP contribution is 2.51. The van der Waals surface area contributed by atoms with E-state index in [4.69, 9.17) is 0 Å². The molecule has 10 aromatic rings. The van der Waals surface area contributed by atoms with Gasteiger partial charge in [-0.1, -0.05) is 124 Å². The van der Waals surface area contributed by atoms with E-state index in [2.05, 4.69) is 207 Å². The van der Waals surface area contributed by atoms with E-state index in [1.807, 2.05) is 0 Å². The Kier molecular flexibility index (Phi) is 7.50. The van der Waals surface area contributed by atoms with Gasteiger partial charge in [0.05, 0.1) is 23.3 Å². The van der Waals surface area contributed by atoms with Crippen molar-refractivity contribution in [1.82, 2.24) is 0 Å². The molecule has 66 heavy (non-hydrogen) atoms. The Bertz CT molecular complexity index is 3620. The predicted molar refractivity (Wildman–Crippen MR) is 277 cm³/mol. The standard InChI is InChI=1S/C60H40B2N4/c1-33(2)39-27-41-45-23-35(31-63)25-53-59(45)62(48-20-12-14-22-52(48)65(53)37-15-7-5-8-16-37)50-30-44-40(34(3)4)28-42-46-24-36(32-64)26-54-60(46)61(49-29-43(39)57(55(41)50)58(44)56(42)49)47-19-11-13-21-51(47)66(54)38-17-9-6-10-18-38/h5-30,33-34H,1-4H3. The molecule has 0 saturated heterocycles. The van der Waals surface area contributed by atoms with Crippen LogP contribution in [0.1, 0.15) is 61.8 Å². The molecule has 4 aliphatic rings. The van der Waals surface area contributed by atoms with Crippen molar-refractivity contribution in [3.05, 3.63) is 180 Å². The number of anilines is 6. The van der Waals surface area contributed by atoms with Crippen LogP contribution in [0.2, 0.25) is 0 Å². The van der Waals surface area contributed by atoms with Gasteiger partial charge in [-0.05, 0) is 172 Å². The van der Waals surface area contributed by atoms with Gasteiger partial charge in [0, 0.05) is 34.1 Å². The molecule has 10 aromatic carbocycles. The van der Waals surface area contributed by atoms with Crippen LogP contribution in [0.4, 0.5) is 34.1 Å². The van der Waals surface area contributed by atoms with Crippen molar-refractivity contribution in [2.75, 3.05) is 9.80 Å². The molecule has 0 saturated carbocycles. The zero-order valence-corrected chi connectivity index (χ0v) is 37.1. The minimum Gasteiger partial charge on any atom is -0.311 e. The summed E-state index contributed by atoms with van der Waals surface area (Å²) in [5, 5.41) is 29.4. The third-order valence-corrected chi connectivity index (χ3v) is 15.3. The lowest BCUT2D eigenvalue weighted by molar-refractivity contribution is 0.876. The number of para-hydroxylation sites is 4. The van der Waals surface area contributed by atoms with Gasteiger partial charge >= 0.3 is 0 Å². The fraction of sp³-hybridized carbons (Fsp3) is 0.100. The highest BCUT2D eigenvalue weighted by atomic mass is 15.2. The molecule has 6 heteroatoms. The van der Waals surface area contributed by atoms with Gasteiger partial charge in [-0.2, -0.15) is 10.5 Å². The largest absolute Gasteiger partial charge is 0.311 e. The van der Waals surface area contributed by atoms with Crippen molar-refractivity contribution in [3.8, 4) is 34.4 Å². The van der Waals surface area contributed by atoms with Crippen LogP contribution in [-0.2, 0) is 0 Å². The number of benzene rings is 10. The second-order valence-corrected chi connectivity index (χ2v) is 19.3. The Labute approximate surface area is 385 Å². The summed E-state index contributed by atoms with van der Waals surface area (Å²) in [7, 11) is 0. The van der Waals surface area contributed by atoms with Crippen LogP contribution in [0.5, 0.6) is 0 Å². The molecule has 0 unspecified atom stereocenters. The maximum Gasteiger partial charge on any atom is 0.248 e. The van der Waals surface area contributed by atoms with E-state index in [-0.39, 0.29) is 25.3 Å². The molecule has 0 fully saturated rings. The molecule has 0 atom stereocenters. The van der Waals surface area contributed by atoms with Crippen LogP contribution < -0.4 is 42.6 Å². The highest BCUT2D eigenvalue weighted by Gasteiger charge is 2.45. The third kappa shape index (κ3) is 4.68. The minimum absolute atomic E-state index is 0.0503. The monoisotopic (exact) mass is 838 g/mol. The second-order valence-electron chi connectivity index (χ2n) is 19.3. The van der Waals surface area contributed by atoms with Crippen LogP contribution in [-0.4, -0.2) is 13.4 Å². The van der Waals surface area contributed by atoms with Crippen LogP contribution in [0.3, 0.4) is 0 Å². The molecule has 4 nitrogen and oxygen atoms in total. The predicted octanol–water partition coefficient (Wildman–Crippen LogP) is 11.1. The first-order chi connectivity index (χ1) is 32.3. The Morgan fingerprint density at radius 3 is 1.18 bits per heavy atom. The van der Waals surface area contributed by atoms with Gasteiger partial charge in [0.25, 0.3) is 0 Å². The van der Waals surface area contributed by atoms with Gasteiger partial charge in [-0.15, -0.1) is 0 Å². The van der Waals surface area contributed by atoms with Gasteiger partial charge < -0.3 is 9.80 Å². The summed E-state index contributed by atoms with van der Waals surface area (Å²) in [5.74, 6) is 0.438. The van der Waals surface area contributed by atoms with Crippen LogP contribution >= 0.6 is 0 Å². The number of hydrogen-bond acceptors (Lipinski definition) is 4. The van der Waals surface area contributed by atoms with Gasteiger partial charge in [0.2, 0.25) is 13.4 Å². The molecular weight excluding hydrogens is 798 g/mol. The van der Waals surface area contributed by atoms with Crippen molar-refractivity contribution >= 4 is 113 Å². The maximum atomic E-state index is 10.8. The summed E-state index contributed by atoms with van der Waals surface area (Å²) in [5.41, 5.74) is 22.9. The number of nitriles is 2. The van der Waals surface area contributed by atoms with Gasteiger partial charge in [0.1, 0.15) is 0 Å². The number of nitrogens with zero attached hydrogens (tertiary/aromatic N) is 4. The summed E-state index contributed by atoms with van der Waals surface area (Å²) in [6.45, 7) is 9.24. The summed E-state index contributed by atoms with van der Waals surface area (Å²) in [6.07, 6.45) is 0. The SMILES string of the molecule is CC(C)c1cc2c3c(cc4c(C(C)C)cc5c6c(cc1c3c46)B1c3ccccc3N(c3ccccc3)c3cc(C#N)cc-5c31)B1c3ccccc3N(c3ccccc3)c3cc(C#N)cc-2c31. The molecule has 0 amide bonds. The summed E-state index contributed by atoms with van der Waals surface area (Å²) in [6, 6.07) is 62.9. The average Bonchev–Trinajstić information content (AvgIpc) is 3.35. The molecule has 0 N–H and O–H groups in total. The lowest BCUT2D eigenvalue weighted by atomic mass is 9.31. The minimum atomic E-state index is -0.0503. The number of rotatable bonds is 4. The van der Waals surface area contributed by atoms with Crippen molar-refractivity contribution in [2.45, 2.75) is 39.5 Å². The van der Waals surface area contributed by atoms with Crippen LogP contribution in [0.25, 0.3) is 54.6 Å². The van der Waals surface area contributed by atoms with Gasteiger partial charge in [-0.25, -0.2) is 0 Å². The molecule has 0 spiro atoms. The van der Waals surface area contributed by atoms with Crippen LogP contribution in [0, 0.1) is 22.7 Å². The topological polar surface area (TPSA) is 54.1 Å². The Morgan fingerprint density at radius 2 is 0.788 bits per heavy atom. The van der Waals surface area contributed by atoms with Gasteiger partial charge in [0.15, 0.2) is 0 Å². The van der Waals surface area contributed by atoms with Crippen molar-refractivity contribution in [2.24, 2.45) is 0 Å². The first-order valence-corrected chi connectivity index (χ1v) is 23.3. The number of hydrogen-bond donors (Lipinski definition) is 0. The molecule has 306 valence electrons. The molecule has 0 radical (unpaired) electrons. The fourth-order valence-corrected chi connectivity index (χ4v) is 12.8. The van der Waals surface area contributed by atoms with E-state index in [1.165, 1.54) is 87.3 Å². The summed E-state index contributed by atoms with van der Waals surface area (Å²) < 4.78 is 0. The molecule has 4 heterocycles. The highest BCUT2D eigenvalue weighted by molar-refractivity contribution is 7.02. The van der Waals surface area contributed by atoms with Crippen LogP contribution in [0.15, 0.2) is 158 Å². The molecule has 4 aliphatic heterocycles. The van der Waals surface area contributed by atoms with E-state index in [0.29, 0.717) is 11.1 Å². The fourth-order valence-electron chi connectivity index (χ4n) is 12.8. The molecular formula is C60H40B2N4. The number of fused-ring (bicyclic) bond motifs is 8. The first-order valence-electron chi connectivity index (χ1n) is 23.3. The zero-order chi connectivity index (χ0) is 44.3. The Morgan fingerprint density at radius 1 is 0.394 bits per heavy atom. The maximum absolute atomic E-state index is 10.8. The summed E-state index contributed by atoms with van der Waals surface area (Å²) in [4.78, 5) is 4.76. The average molecular weight is 839 g/mol. The van der Waals surface area contributed by atoms with Crippen molar-refractivity contribution in [3.63, 3.8) is 0 Å². The Hall–Kier alpha value is -8.05. The van der Waals surface area contributed by atoms with E-state index in [9.17, 15) is 10.5 Å². The summed E-state index contributed by atoms with van der Waals surface area (Å²) >= 11 is 0. The van der Waals surface area contributed by atoms with Crippen molar-refractivity contribution < 1.29 is 0 Å². The van der Waals surface area contributed by atoms with E-state index in [1.54, 1.807) is 0 Å². The van der Waals surface area contributed by atoms with E-state index >= 15 is 0 Å². The molecule has 0 aromatic heterocycles. The molecule has 0 bridgehead atoms. The normalized spacial score (nSPS) is 13.6. The quantitative estimate of drug-likeness (QED) is 0.131. The lowest BCUT2D eigenvalue weighted by Gasteiger charge is -2.42. The lowest BCUT2D eigenvalue weighted by Crippen LogP contribution is -2.60. The smallest absolute Gasteiger partial charge is 0.248 e. The van der Waals surface area contributed by atoms with Crippen molar-refractivity contribution in [1.29, 1.82) is 10.5 Å². The van der Waals surface area contributed by atoms with E-state index < -0.39 is 0 Å². The first kappa shape index (κ1) is 37.3. The molecule has 14 rings (SSSR count). The molecule has 0 aliphatic carbocycles. The zero-order valence-electron chi connectivity index (χ0n) is 37.1.